The van der Waals surface area contributed by atoms with Crippen LogP contribution in [-0.2, 0) is 26.5 Å². The molecule has 1 N–H and O–H groups in total. The van der Waals surface area contributed by atoms with Crippen LogP contribution in [-0.4, -0.2) is 19.6 Å². The minimum Gasteiger partial charge on any atom is -0.506 e. The second-order valence-corrected chi connectivity index (χ2v) is 13.3. The van der Waals surface area contributed by atoms with Crippen LogP contribution in [0, 0.1) is 13.0 Å². The van der Waals surface area contributed by atoms with Gasteiger partial charge in [-0.1, -0.05) is 105 Å². The third-order valence-electron chi connectivity index (χ3n) is 8.90. The van der Waals surface area contributed by atoms with Gasteiger partial charge in [0.2, 0.25) is 5.88 Å². The largest absolute Gasteiger partial charge is 0.506 e. The molecule has 0 fully saturated rings. The fourth-order valence-electron chi connectivity index (χ4n) is 6.44. The number of fused-ring (bicyclic) bond motifs is 4. The number of nitrogens with zero attached hydrogens (tertiary/aromatic N) is 3. The van der Waals surface area contributed by atoms with Gasteiger partial charge in [-0.15, -0.1) is 17.5 Å². The first-order chi connectivity index (χ1) is 23.2. The van der Waals surface area contributed by atoms with Gasteiger partial charge >= 0.3 is 0 Å². The quantitative estimate of drug-likeness (QED) is 0.176. The maximum atomic E-state index is 11.3. The van der Waals surface area contributed by atoms with Crippen LogP contribution in [0.5, 0.6) is 17.4 Å². The van der Waals surface area contributed by atoms with Crippen molar-refractivity contribution in [3.05, 3.63) is 145 Å². The first kappa shape index (κ1) is 32.3. The molecule has 3 aromatic heterocycles. The van der Waals surface area contributed by atoms with Gasteiger partial charge in [-0.3, -0.25) is 0 Å². The third kappa shape index (κ3) is 6.00. The molecular formula is C43H34N3O2Pt-. The number of ether oxygens (including phenoxy) is 1. The minimum absolute atomic E-state index is 0. The molecule has 6 heteroatoms. The first-order valence-electron chi connectivity index (χ1n) is 16.1. The number of benzene rings is 5. The fourth-order valence-corrected chi connectivity index (χ4v) is 6.44. The van der Waals surface area contributed by atoms with Crippen LogP contribution in [0.25, 0.3) is 60.8 Å². The maximum Gasteiger partial charge on any atom is 0.217 e. The molecule has 5 nitrogen and oxygen atoms in total. The number of aromatic hydroxyl groups is 1. The Labute approximate surface area is 300 Å². The molecule has 5 aromatic carbocycles. The van der Waals surface area contributed by atoms with E-state index in [1.165, 1.54) is 5.56 Å². The average Bonchev–Trinajstić information content (AvgIpc) is 3.41. The molecule has 0 unspecified atom stereocenters. The van der Waals surface area contributed by atoms with E-state index >= 15 is 0 Å². The Morgan fingerprint density at radius 2 is 1.39 bits per heavy atom. The summed E-state index contributed by atoms with van der Waals surface area (Å²) in [6.45, 7) is 8.68. The summed E-state index contributed by atoms with van der Waals surface area (Å²) >= 11 is 0. The zero-order valence-electron chi connectivity index (χ0n) is 27.6. The molecule has 0 radical (unpaired) electrons. The van der Waals surface area contributed by atoms with E-state index in [9.17, 15) is 5.11 Å². The molecule has 0 aliphatic carbocycles. The second-order valence-electron chi connectivity index (χ2n) is 13.3. The van der Waals surface area contributed by atoms with Crippen LogP contribution in [0.2, 0.25) is 0 Å². The van der Waals surface area contributed by atoms with Gasteiger partial charge in [0.05, 0.1) is 0 Å². The molecule has 8 aromatic rings. The molecule has 0 atom stereocenters. The SMILES string of the molecule is Cc1cccc(-n2c3[c-]c(Oc4cc(-c5ccccc5)c5cc(-c6ccccc6)cc(O)c5n4)ccc3c3ccc(C(C)(C)C)cc32)n1.[Pt]. The normalized spacial score (nSPS) is 11.6. The smallest absolute Gasteiger partial charge is 0.217 e. The molecule has 49 heavy (non-hydrogen) atoms. The minimum atomic E-state index is -0.0148. The van der Waals surface area contributed by atoms with E-state index in [0.29, 0.717) is 17.1 Å². The van der Waals surface area contributed by atoms with Crippen molar-refractivity contribution in [1.29, 1.82) is 0 Å². The molecule has 244 valence electrons. The number of hydrogen-bond acceptors (Lipinski definition) is 4. The number of phenolic OH excluding ortho intramolecular Hbond substituents is 1. The van der Waals surface area contributed by atoms with Crippen LogP contribution >= 0.6 is 0 Å². The van der Waals surface area contributed by atoms with Crippen LogP contribution in [0.15, 0.2) is 127 Å². The van der Waals surface area contributed by atoms with Crippen LogP contribution in [0.1, 0.15) is 32.0 Å². The van der Waals surface area contributed by atoms with Crippen LogP contribution in [0.4, 0.5) is 0 Å². The van der Waals surface area contributed by atoms with E-state index < -0.39 is 0 Å². The van der Waals surface area contributed by atoms with Gasteiger partial charge in [-0.2, -0.15) is 6.07 Å². The van der Waals surface area contributed by atoms with Crippen molar-refractivity contribution in [1.82, 2.24) is 14.5 Å². The molecule has 8 rings (SSSR count). The van der Waals surface area contributed by atoms with Gasteiger partial charge in [0.25, 0.3) is 0 Å². The molecular weight excluding hydrogens is 786 g/mol. The Bertz CT molecular complexity index is 2480. The number of aryl methyl sites for hydroxylation is 1. The summed E-state index contributed by atoms with van der Waals surface area (Å²) in [6, 6.07) is 46.3. The topological polar surface area (TPSA) is 60.2 Å². The summed E-state index contributed by atoms with van der Waals surface area (Å²) in [5, 5.41) is 14.3. The maximum absolute atomic E-state index is 11.3. The van der Waals surface area contributed by atoms with E-state index in [4.69, 9.17) is 14.7 Å². The van der Waals surface area contributed by atoms with E-state index in [2.05, 4.69) is 73.9 Å². The van der Waals surface area contributed by atoms with Crippen molar-refractivity contribution in [2.24, 2.45) is 0 Å². The molecule has 0 bridgehead atoms. The summed E-state index contributed by atoms with van der Waals surface area (Å²) in [5.74, 6) is 1.80. The predicted octanol–water partition coefficient (Wildman–Crippen LogP) is 11.0. The summed E-state index contributed by atoms with van der Waals surface area (Å²) in [6.07, 6.45) is 0. The second kappa shape index (κ2) is 12.6. The van der Waals surface area contributed by atoms with Crippen molar-refractivity contribution in [3.8, 4) is 45.5 Å². The van der Waals surface area contributed by atoms with Gasteiger partial charge in [-0.25, -0.2) is 9.97 Å². The summed E-state index contributed by atoms with van der Waals surface area (Å²) in [5.41, 5.74) is 8.42. The van der Waals surface area contributed by atoms with E-state index in [0.717, 1.165) is 61.0 Å². The van der Waals surface area contributed by atoms with Gasteiger partial charge in [0.15, 0.2) is 0 Å². The monoisotopic (exact) mass is 819 g/mol. The number of aromatic nitrogens is 3. The van der Waals surface area contributed by atoms with Crippen molar-refractivity contribution < 1.29 is 30.9 Å². The predicted molar refractivity (Wildman–Crippen MR) is 195 cm³/mol. The van der Waals surface area contributed by atoms with Crippen molar-refractivity contribution in [3.63, 3.8) is 0 Å². The number of phenols is 1. The van der Waals surface area contributed by atoms with Crippen molar-refractivity contribution in [2.75, 3.05) is 0 Å². The van der Waals surface area contributed by atoms with Gasteiger partial charge < -0.3 is 14.4 Å². The Balaban J connectivity index is 0.00000378. The standard InChI is InChI=1S/C43H34N3O2.Pt/c1-27-12-11-17-40(44-27)46-37-24-31(43(2,3)4)18-20-33(37)34-21-19-32(25-38(34)46)48-41-26-35(29-15-9-6-10-16-29)36-22-30(23-39(47)42(36)45-41)28-13-7-5-8-14-28;/h5-24,26,47H,1-4H3;/q-1;. The summed E-state index contributed by atoms with van der Waals surface area (Å²) in [4.78, 5) is 9.73. The van der Waals surface area contributed by atoms with E-state index in [1.807, 2.05) is 85.8 Å². The van der Waals surface area contributed by atoms with Crippen LogP contribution in [0.3, 0.4) is 0 Å². The zero-order chi connectivity index (χ0) is 33.0. The van der Waals surface area contributed by atoms with Gasteiger partial charge in [0.1, 0.15) is 17.1 Å². The summed E-state index contributed by atoms with van der Waals surface area (Å²) in [7, 11) is 0. The molecule has 0 aliphatic heterocycles. The Hall–Kier alpha value is -5.25. The van der Waals surface area contributed by atoms with E-state index in [1.54, 1.807) is 6.07 Å². The number of pyridine rings is 2. The molecule has 3 heterocycles. The van der Waals surface area contributed by atoms with E-state index in [-0.39, 0.29) is 32.2 Å². The van der Waals surface area contributed by atoms with Gasteiger partial charge in [0, 0.05) is 49.5 Å². The third-order valence-corrected chi connectivity index (χ3v) is 8.90. The Morgan fingerprint density at radius 3 is 2.10 bits per heavy atom. The van der Waals surface area contributed by atoms with Crippen LogP contribution < -0.4 is 4.74 Å². The fraction of sp³-hybridized carbons (Fsp3) is 0.116. The van der Waals surface area contributed by atoms with Crippen molar-refractivity contribution >= 4 is 32.7 Å². The zero-order valence-corrected chi connectivity index (χ0v) is 29.9. The summed E-state index contributed by atoms with van der Waals surface area (Å²) < 4.78 is 8.67. The molecule has 0 aliphatic rings. The Morgan fingerprint density at radius 1 is 0.673 bits per heavy atom. The number of rotatable bonds is 5. The molecule has 0 saturated heterocycles. The first-order valence-corrected chi connectivity index (χ1v) is 16.1. The molecule has 0 amide bonds. The van der Waals surface area contributed by atoms with Gasteiger partial charge in [-0.05, 0) is 75.9 Å². The number of hydrogen-bond donors (Lipinski definition) is 1. The molecule has 0 spiro atoms. The van der Waals surface area contributed by atoms with Crippen molar-refractivity contribution in [2.45, 2.75) is 33.1 Å². The Kier molecular flexibility index (Phi) is 8.34. The average molecular weight is 820 g/mol. The molecule has 0 saturated carbocycles.